The van der Waals surface area contributed by atoms with Crippen molar-refractivity contribution in [2.45, 2.75) is 0 Å². The smallest absolute Gasteiger partial charge is 0.0157 e. The van der Waals surface area contributed by atoms with Gasteiger partial charge in [-0.2, -0.15) is 11.8 Å². The fourth-order valence-electron chi connectivity index (χ4n) is 0.744. The molecule has 0 heterocycles. The zero-order valence-corrected chi connectivity index (χ0v) is 7.91. The van der Waals surface area contributed by atoms with Crippen molar-refractivity contribution in [2.75, 3.05) is 6.26 Å². The lowest BCUT2D eigenvalue weighted by Gasteiger charge is -2.06. The molecule has 2 heteroatoms. The van der Waals surface area contributed by atoms with Crippen LogP contribution in [0.2, 0.25) is 0 Å². The van der Waals surface area contributed by atoms with Gasteiger partial charge in [0.2, 0.25) is 0 Å². The van der Waals surface area contributed by atoms with Crippen LogP contribution >= 0.6 is 11.8 Å². The van der Waals surface area contributed by atoms with Crippen LogP contribution in [0, 0.1) is 0 Å². The van der Waals surface area contributed by atoms with E-state index >= 15 is 0 Å². The molecule has 0 saturated carbocycles. The molecule has 0 saturated heterocycles. The minimum atomic E-state index is 0.927. The molecular formula is C9H9S2-. The standard InChI is InChI=1S/C9H10S2/c1-11-9(10)7-8-5-3-2-4-6-8/h2-7,10H,1H3/p-1/b9-7-. The maximum absolute atomic E-state index is 5.04. The predicted molar refractivity (Wildman–Crippen MR) is 55.3 cm³/mol. The molecule has 0 aliphatic carbocycles. The first kappa shape index (κ1) is 8.62. The third-order valence-corrected chi connectivity index (χ3v) is 2.42. The molecule has 0 spiro atoms. The number of thioether (sulfide) groups is 1. The van der Waals surface area contributed by atoms with Gasteiger partial charge in [-0.25, -0.2) is 0 Å². The van der Waals surface area contributed by atoms with Crippen molar-refractivity contribution in [3.8, 4) is 0 Å². The van der Waals surface area contributed by atoms with E-state index in [1.165, 1.54) is 5.56 Å². The molecule has 11 heavy (non-hydrogen) atoms. The van der Waals surface area contributed by atoms with Crippen molar-refractivity contribution >= 4 is 30.5 Å². The molecule has 0 atom stereocenters. The van der Waals surface area contributed by atoms with E-state index in [2.05, 4.69) is 0 Å². The van der Waals surface area contributed by atoms with Gasteiger partial charge in [0.15, 0.2) is 0 Å². The van der Waals surface area contributed by atoms with Crippen molar-refractivity contribution in [2.24, 2.45) is 0 Å². The van der Waals surface area contributed by atoms with E-state index in [1.807, 2.05) is 42.7 Å². The lowest BCUT2D eigenvalue weighted by Crippen LogP contribution is -1.71. The van der Waals surface area contributed by atoms with Gasteiger partial charge >= 0.3 is 0 Å². The van der Waals surface area contributed by atoms with Crippen LogP contribution in [-0.2, 0) is 12.6 Å². The number of hydrogen-bond donors (Lipinski definition) is 0. The molecule has 0 unspecified atom stereocenters. The predicted octanol–water partition coefficient (Wildman–Crippen LogP) is 2.89. The van der Waals surface area contributed by atoms with Gasteiger partial charge < -0.3 is 12.6 Å². The molecular weight excluding hydrogens is 172 g/mol. The zero-order valence-electron chi connectivity index (χ0n) is 6.28. The maximum atomic E-state index is 5.04. The summed E-state index contributed by atoms with van der Waals surface area (Å²) in [6.45, 7) is 0. The first-order valence-corrected chi connectivity index (χ1v) is 4.94. The highest BCUT2D eigenvalue weighted by Crippen LogP contribution is 2.13. The summed E-state index contributed by atoms with van der Waals surface area (Å²) in [5, 5.41) is 0. The Morgan fingerprint density at radius 1 is 1.36 bits per heavy atom. The lowest BCUT2D eigenvalue weighted by molar-refractivity contribution is 1.66. The molecule has 1 rings (SSSR count). The van der Waals surface area contributed by atoms with Gasteiger partial charge in [0, 0.05) is 0 Å². The van der Waals surface area contributed by atoms with Crippen LogP contribution in [0.15, 0.2) is 34.6 Å². The van der Waals surface area contributed by atoms with E-state index in [-0.39, 0.29) is 0 Å². The van der Waals surface area contributed by atoms with E-state index in [1.54, 1.807) is 11.8 Å². The Morgan fingerprint density at radius 3 is 2.55 bits per heavy atom. The Bertz CT molecular complexity index is 239. The molecule has 1 aromatic carbocycles. The van der Waals surface area contributed by atoms with Crippen LogP contribution in [0.25, 0.3) is 6.08 Å². The molecule has 0 amide bonds. The van der Waals surface area contributed by atoms with E-state index in [9.17, 15) is 0 Å². The van der Waals surface area contributed by atoms with Crippen molar-refractivity contribution < 1.29 is 0 Å². The van der Waals surface area contributed by atoms with Gasteiger partial charge in [0.1, 0.15) is 0 Å². The number of rotatable bonds is 2. The Balaban J connectivity index is 2.79. The third kappa shape index (κ3) is 2.95. The average molecular weight is 181 g/mol. The van der Waals surface area contributed by atoms with Crippen LogP contribution in [-0.4, -0.2) is 6.26 Å². The average Bonchev–Trinajstić information content (AvgIpc) is 2.06. The molecule has 0 nitrogen and oxygen atoms in total. The van der Waals surface area contributed by atoms with Gasteiger partial charge in [-0.1, -0.05) is 36.4 Å². The summed E-state index contributed by atoms with van der Waals surface area (Å²) < 4.78 is 0.927. The second-order valence-corrected chi connectivity index (χ2v) is 3.62. The molecule has 0 N–H and O–H groups in total. The van der Waals surface area contributed by atoms with Crippen LogP contribution in [0.4, 0.5) is 0 Å². The van der Waals surface area contributed by atoms with Crippen molar-refractivity contribution in [1.82, 2.24) is 0 Å². The minimum Gasteiger partial charge on any atom is -0.773 e. The first-order chi connectivity index (χ1) is 5.33. The highest BCUT2D eigenvalue weighted by Gasteiger charge is 1.81. The molecule has 1 aromatic rings. The zero-order chi connectivity index (χ0) is 8.10. The fraction of sp³-hybridized carbons (Fsp3) is 0.111. The van der Waals surface area contributed by atoms with Crippen molar-refractivity contribution in [1.29, 1.82) is 0 Å². The summed E-state index contributed by atoms with van der Waals surface area (Å²) in [5.41, 5.74) is 1.17. The molecule has 0 fully saturated rings. The van der Waals surface area contributed by atoms with Gasteiger partial charge in [0.25, 0.3) is 0 Å². The monoisotopic (exact) mass is 181 g/mol. The summed E-state index contributed by atoms with van der Waals surface area (Å²) in [6.07, 6.45) is 3.99. The van der Waals surface area contributed by atoms with E-state index in [4.69, 9.17) is 12.6 Å². The summed E-state index contributed by atoms with van der Waals surface area (Å²) in [7, 11) is 0. The molecule has 0 aliphatic heterocycles. The normalized spacial score (nSPS) is 11.5. The fourth-order valence-corrected chi connectivity index (χ4v) is 1.13. The Hall–Kier alpha value is -0.470. The number of hydrogen-bond acceptors (Lipinski definition) is 2. The summed E-state index contributed by atoms with van der Waals surface area (Å²) in [6, 6.07) is 10.1. The quantitative estimate of drug-likeness (QED) is 0.643. The number of benzene rings is 1. The topological polar surface area (TPSA) is 0 Å². The molecule has 0 bridgehead atoms. The first-order valence-electron chi connectivity index (χ1n) is 3.30. The minimum absolute atomic E-state index is 0.927. The van der Waals surface area contributed by atoms with Gasteiger partial charge in [-0.3, -0.25) is 0 Å². The highest BCUT2D eigenvalue weighted by atomic mass is 32.2. The highest BCUT2D eigenvalue weighted by molar-refractivity contribution is 8.10. The second-order valence-electron chi connectivity index (χ2n) is 2.08. The van der Waals surface area contributed by atoms with Crippen molar-refractivity contribution in [3.05, 3.63) is 40.1 Å². The Kier molecular flexibility index (Phi) is 3.46. The summed E-state index contributed by atoms with van der Waals surface area (Å²) in [4.78, 5) is 0. The largest absolute Gasteiger partial charge is 0.773 e. The van der Waals surface area contributed by atoms with Gasteiger partial charge in [-0.15, -0.1) is 4.24 Å². The summed E-state index contributed by atoms with van der Waals surface area (Å²) >= 11 is 6.64. The molecule has 0 aromatic heterocycles. The van der Waals surface area contributed by atoms with Crippen molar-refractivity contribution in [3.63, 3.8) is 0 Å². The molecule has 58 valence electrons. The Labute approximate surface area is 77.1 Å². The van der Waals surface area contributed by atoms with Crippen LogP contribution in [0.3, 0.4) is 0 Å². The van der Waals surface area contributed by atoms with Gasteiger partial charge in [-0.05, 0) is 11.8 Å². The van der Waals surface area contributed by atoms with E-state index in [0.717, 1.165) is 4.24 Å². The summed E-state index contributed by atoms with van der Waals surface area (Å²) in [5.74, 6) is 0. The molecule has 0 aliphatic rings. The second kappa shape index (κ2) is 4.42. The van der Waals surface area contributed by atoms with E-state index in [0.29, 0.717) is 0 Å². The molecule has 0 radical (unpaired) electrons. The van der Waals surface area contributed by atoms with Crippen LogP contribution < -0.4 is 0 Å². The lowest BCUT2D eigenvalue weighted by atomic mass is 10.2. The maximum Gasteiger partial charge on any atom is -0.0157 e. The third-order valence-electron chi connectivity index (χ3n) is 1.29. The van der Waals surface area contributed by atoms with Crippen LogP contribution in [0.1, 0.15) is 5.56 Å². The van der Waals surface area contributed by atoms with Gasteiger partial charge in [0.05, 0.1) is 0 Å². The SMILES string of the molecule is CS/C([S-])=C\c1ccccc1. The van der Waals surface area contributed by atoms with E-state index < -0.39 is 0 Å². The van der Waals surface area contributed by atoms with Crippen LogP contribution in [0.5, 0.6) is 0 Å². The Morgan fingerprint density at radius 2 is 2.00 bits per heavy atom.